The molecule has 0 unspecified atom stereocenters. The molecule has 1 saturated heterocycles. The molecule has 1 aliphatic rings. The van der Waals surface area contributed by atoms with Crippen molar-refractivity contribution in [3.63, 3.8) is 0 Å². The van der Waals surface area contributed by atoms with E-state index in [1.54, 1.807) is 0 Å². The van der Waals surface area contributed by atoms with Gasteiger partial charge in [-0.05, 0) is 18.1 Å². The van der Waals surface area contributed by atoms with Gasteiger partial charge in [-0.2, -0.15) is 0 Å². The summed E-state index contributed by atoms with van der Waals surface area (Å²) >= 11 is 0. The van der Waals surface area contributed by atoms with Crippen LogP contribution < -0.4 is 5.32 Å². The van der Waals surface area contributed by atoms with E-state index in [9.17, 15) is 0 Å². The van der Waals surface area contributed by atoms with Crippen molar-refractivity contribution in [3.8, 4) is 0 Å². The van der Waals surface area contributed by atoms with Gasteiger partial charge in [0, 0.05) is 56.4 Å². The van der Waals surface area contributed by atoms with Crippen LogP contribution in [0.3, 0.4) is 0 Å². The number of nitrogens with zero attached hydrogens (tertiary/aromatic N) is 2. The lowest BCUT2D eigenvalue weighted by Crippen LogP contribution is -2.45. The van der Waals surface area contributed by atoms with Crippen molar-refractivity contribution in [2.24, 2.45) is 7.05 Å². The first-order valence-electron chi connectivity index (χ1n) is 8.30. The third-order valence-electron chi connectivity index (χ3n) is 4.71. The van der Waals surface area contributed by atoms with Gasteiger partial charge in [0.1, 0.15) is 0 Å². The lowest BCUT2D eigenvalue weighted by Gasteiger charge is -2.35. The number of rotatable bonds is 5. The molecule has 0 radical (unpaired) electrons. The molecule has 0 saturated carbocycles. The molecule has 0 aliphatic carbocycles. The monoisotopic (exact) mass is 357 g/mol. The first-order valence-corrected chi connectivity index (χ1v) is 8.30. The summed E-state index contributed by atoms with van der Waals surface area (Å²) in [7, 11) is 2.17. The number of piperazine rings is 1. The molecule has 23 heavy (non-hydrogen) atoms. The van der Waals surface area contributed by atoms with Crippen LogP contribution >= 0.6 is 24.8 Å². The van der Waals surface area contributed by atoms with Crippen molar-refractivity contribution >= 4 is 35.7 Å². The molecule has 1 aliphatic heterocycles. The molecule has 5 heteroatoms. The van der Waals surface area contributed by atoms with Gasteiger partial charge in [-0.1, -0.05) is 38.0 Å². The average Bonchev–Trinajstić information content (AvgIpc) is 2.87. The summed E-state index contributed by atoms with van der Waals surface area (Å²) in [6.45, 7) is 6.86. The predicted molar refractivity (Wildman–Crippen MR) is 104 cm³/mol. The lowest BCUT2D eigenvalue weighted by atomic mass is 9.98. The van der Waals surface area contributed by atoms with E-state index in [1.165, 1.54) is 35.7 Å². The Morgan fingerprint density at radius 2 is 1.83 bits per heavy atom. The fourth-order valence-corrected chi connectivity index (χ4v) is 3.56. The molecule has 1 atom stereocenters. The average molecular weight is 358 g/mol. The Kier molecular flexibility index (Phi) is 8.41. The number of unbranched alkanes of at least 4 members (excludes halogenated alkanes) is 1. The highest BCUT2D eigenvalue weighted by Gasteiger charge is 2.24. The number of hydrogen-bond acceptors (Lipinski definition) is 2. The Hall–Kier alpha value is -0.740. The number of para-hydroxylation sites is 1. The zero-order chi connectivity index (χ0) is 14.7. The summed E-state index contributed by atoms with van der Waals surface area (Å²) in [5.74, 6) is 0. The van der Waals surface area contributed by atoms with Crippen LogP contribution in [0.5, 0.6) is 0 Å². The quantitative estimate of drug-likeness (QED) is 0.866. The molecule has 0 amide bonds. The second-order valence-electron chi connectivity index (χ2n) is 6.16. The maximum Gasteiger partial charge on any atom is 0.0481 e. The number of hydrogen-bond donors (Lipinski definition) is 1. The molecule has 1 aromatic heterocycles. The summed E-state index contributed by atoms with van der Waals surface area (Å²) in [6.07, 6.45) is 6.20. The van der Waals surface area contributed by atoms with Crippen LogP contribution in [0.2, 0.25) is 0 Å². The van der Waals surface area contributed by atoms with Crippen LogP contribution in [0.15, 0.2) is 30.5 Å². The van der Waals surface area contributed by atoms with Gasteiger partial charge < -0.3 is 9.88 Å². The first kappa shape index (κ1) is 20.3. The standard InChI is InChI=1S/C18H27N3.2ClH/c1-3-4-8-18(21-12-10-19-11-13-21)16-14-20(2)17-9-6-5-7-15(16)17;;/h5-7,9,14,18-19H,3-4,8,10-13H2,1-2H3;2*1H/t18-;;/m0../s1. The lowest BCUT2D eigenvalue weighted by molar-refractivity contribution is 0.164. The number of benzene rings is 1. The second-order valence-corrected chi connectivity index (χ2v) is 6.16. The van der Waals surface area contributed by atoms with E-state index < -0.39 is 0 Å². The maximum atomic E-state index is 3.47. The summed E-state index contributed by atoms with van der Waals surface area (Å²) in [5.41, 5.74) is 2.87. The van der Waals surface area contributed by atoms with E-state index >= 15 is 0 Å². The van der Waals surface area contributed by atoms with Crippen molar-refractivity contribution in [2.75, 3.05) is 26.2 Å². The van der Waals surface area contributed by atoms with Gasteiger partial charge in [-0.3, -0.25) is 4.90 Å². The summed E-state index contributed by atoms with van der Waals surface area (Å²) in [5, 5.41) is 4.90. The third kappa shape index (κ3) is 4.42. The minimum atomic E-state index is 0. The van der Waals surface area contributed by atoms with E-state index in [2.05, 4.69) is 59.2 Å². The summed E-state index contributed by atoms with van der Waals surface area (Å²) < 4.78 is 2.28. The molecule has 2 aromatic rings. The van der Waals surface area contributed by atoms with Crippen molar-refractivity contribution in [1.29, 1.82) is 0 Å². The molecule has 2 heterocycles. The number of fused-ring (bicyclic) bond motifs is 1. The van der Waals surface area contributed by atoms with E-state index in [-0.39, 0.29) is 24.8 Å². The Morgan fingerprint density at radius 1 is 1.13 bits per heavy atom. The van der Waals surface area contributed by atoms with Crippen molar-refractivity contribution < 1.29 is 0 Å². The summed E-state index contributed by atoms with van der Waals surface area (Å²) in [6, 6.07) is 9.38. The molecule has 1 fully saturated rings. The zero-order valence-electron chi connectivity index (χ0n) is 14.1. The molecule has 130 valence electrons. The van der Waals surface area contributed by atoms with E-state index in [4.69, 9.17) is 0 Å². The van der Waals surface area contributed by atoms with Crippen molar-refractivity contribution in [2.45, 2.75) is 32.2 Å². The Morgan fingerprint density at radius 3 is 2.52 bits per heavy atom. The second kappa shape index (κ2) is 9.53. The van der Waals surface area contributed by atoms with Gasteiger partial charge in [0.05, 0.1) is 0 Å². The number of nitrogens with one attached hydrogen (secondary N) is 1. The Bertz CT molecular complexity index is 591. The maximum absolute atomic E-state index is 3.47. The highest BCUT2D eigenvalue weighted by Crippen LogP contribution is 2.33. The highest BCUT2D eigenvalue weighted by molar-refractivity contribution is 5.86. The molecule has 1 N–H and O–H groups in total. The van der Waals surface area contributed by atoms with Gasteiger partial charge in [-0.25, -0.2) is 0 Å². The van der Waals surface area contributed by atoms with Crippen LogP contribution in [0.1, 0.15) is 37.8 Å². The Labute approximate surface area is 152 Å². The van der Waals surface area contributed by atoms with Crippen LogP contribution in [-0.2, 0) is 7.05 Å². The van der Waals surface area contributed by atoms with E-state index in [0.717, 1.165) is 26.2 Å². The zero-order valence-corrected chi connectivity index (χ0v) is 15.8. The van der Waals surface area contributed by atoms with E-state index in [0.29, 0.717) is 6.04 Å². The molecular weight excluding hydrogens is 329 g/mol. The number of aryl methyl sites for hydroxylation is 1. The van der Waals surface area contributed by atoms with E-state index in [1.807, 2.05) is 0 Å². The third-order valence-corrected chi connectivity index (χ3v) is 4.71. The van der Waals surface area contributed by atoms with Crippen LogP contribution in [0.25, 0.3) is 10.9 Å². The van der Waals surface area contributed by atoms with Gasteiger partial charge in [-0.15, -0.1) is 24.8 Å². The van der Waals surface area contributed by atoms with Gasteiger partial charge in [0.15, 0.2) is 0 Å². The minimum Gasteiger partial charge on any atom is -0.350 e. The first-order chi connectivity index (χ1) is 10.3. The molecule has 3 nitrogen and oxygen atoms in total. The summed E-state index contributed by atoms with van der Waals surface area (Å²) in [4.78, 5) is 2.67. The fraction of sp³-hybridized carbons (Fsp3) is 0.556. The largest absolute Gasteiger partial charge is 0.350 e. The SMILES string of the molecule is CCCC[C@@H](c1cn(C)c2ccccc12)N1CCNCC1.Cl.Cl. The number of aromatic nitrogens is 1. The molecular formula is C18H29Cl2N3. The predicted octanol–water partition coefficient (Wildman–Crippen LogP) is 4.16. The molecule has 0 spiro atoms. The van der Waals surface area contributed by atoms with Crippen molar-refractivity contribution in [3.05, 3.63) is 36.0 Å². The number of halogens is 2. The van der Waals surface area contributed by atoms with Gasteiger partial charge in [0.2, 0.25) is 0 Å². The molecule has 3 rings (SSSR count). The van der Waals surface area contributed by atoms with Gasteiger partial charge in [0.25, 0.3) is 0 Å². The fourth-order valence-electron chi connectivity index (χ4n) is 3.56. The highest BCUT2D eigenvalue weighted by atomic mass is 35.5. The topological polar surface area (TPSA) is 20.2 Å². The molecule has 0 bridgehead atoms. The molecule has 1 aromatic carbocycles. The van der Waals surface area contributed by atoms with Crippen LogP contribution in [0, 0.1) is 0 Å². The van der Waals surface area contributed by atoms with Crippen LogP contribution in [-0.4, -0.2) is 35.6 Å². The van der Waals surface area contributed by atoms with Crippen molar-refractivity contribution in [1.82, 2.24) is 14.8 Å². The normalized spacial score (nSPS) is 16.6. The van der Waals surface area contributed by atoms with Gasteiger partial charge >= 0.3 is 0 Å². The Balaban J connectivity index is 0.00000132. The van der Waals surface area contributed by atoms with Crippen LogP contribution in [0.4, 0.5) is 0 Å². The minimum absolute atomic E-state index is 0. The smallest absolute Gasteiger partial charge is 0.0481 e.